The molecule has 20 heavy (non-hydrogen) atoms. The molecule has 3 rings (SSSR count). The summed E-state index contributed by atoms with van der Waals surface area (Å²) >= 11 is 6.74. The lowest BCUT2D eigenvalue weighted by Gasteiger charge is -2.32. The minimum absolute atomic E-state index is 0.177. The van der Waals surface area contributed by atoms with Crippen LogP contribution in [-0.2, 0) is 4.93 Å². The molecule has 0 aliphatic carbocycles. The average molecular weight is 301 g/mol. The molecule has 2 unspecified atom stereocenters. The maximum atomic E-state index is 11.3. The van der Waals surface area contributed by atoms with Gasteiger partial charge in [-0.3, -0.25) is 0 Å². The van der Waals surface area contributed by atoms with E-state index in [4.69, 9.17) is 12.2 Å². The number of benzene rings is 2. The Hall–Kier alpha value is -1.36. The van der Waals surface area contributed by atoms with Crippen molar-refractivity contribution in [3.63, 3.8) is 0 Å². The van der Waals surface area contributed by atoms with Crippen LogP contribution in [0.25, 0.3) is 0 Å². The summed E-state index contributed by atoms with van der Waals surface area (Å²) in [6.07, 6.45) is 0. The van der Waals surface area contributed by atoms with Gasteiger partial charge in [0.2, 0.25) is 0 Å². The Morgan fingerprint density at radius 3 is 2.20 bits per heavy atom. The number of thiocarbonyl (C=S) groups is 1. The van der Waals surface area contributed by atoms with Gasteiger partial charge in [0, 0.05) is 7.05 Å². The topological polar surface area (TPSA) is 23.5 Å². The SMILES string of the molecule is CN1C(=S)SC(O)(c2ccccc2)C1c1ccccc1. The molecule has 2 nitrogen and oxygen atoms in total. The third-order valence-corrected chi connectivity index (χ3v) is 5.36. The Bertz CT molecular complexity index is 617. The Morgan fingerprint density at radius 1 is 1.05 bits per heavy atom. The Balaban J connectivity index is 2.11. The summed E-state index contributed by atoms with van der Waals surface area (Å²) < 4.78 is 0.713. The molecule has 0 saturated carbocycles. The second-order valence-electron chi connectivity index (χ2n) is 4.85. The molecule has 1 heterocycles. The first-order valence-corrected chi connectivity index (χ1v) is 7.64. The molecule has 0 bridgehead atoms. The number of likely N-dealkylation sites (N-methyl/N-ethyl adjacent to an activating group) is 1. The summed E-state index contributed by atoms with van der Waals surface area (Å²) in [7, 11) is 1.94. The zero-order chi connectivity index (χ0) is 14.2. The summed E-state index contributed by atoms with van der Waals surface area (Å²) in [4.78, 5) is 0.927. The van der Waals surface area contributed by atoms with Gasteiger partial charge in [-0.05, 0) is 11.1 Å². The van der Waals surface area contributed by atoms with E-state index in [0.29, 0.717) is 4.32 Å². The van der Waals surface area contributed by atoms with Crippen LogP contribution < -0.4 is 0 Å². The van der Waals surface area contributed by atoms with Gasteiger partial charge in [0.05, 0.1) is 6.04 Å². The van der Waals surface area contributed by atoms with Crippen molar-refractivity contribution in [3.8, 4) is 0 Å². The van der Waals surface area contributed by atoms with Gasteiger partial charge in [0.15, 0.2) is 4.93 Å². The van der Waals surface area contributed by atoms with Crippen LogP contribution in [0.4, 0.5) is 0 Å². The van der Waals surface area contributed by atoms with Gasteiger partial charge in [-0.15, -0.1) is 0 Å². The van der Waals surface area contributed by atoms with E-state index in [-0.39, 0.29) is 6.04 Å². The normalized spacial score (nSPS) is 26.0. The van der Waals surface area contributed by atoms with Crippen molar-refractivity contribution in [3.05, 3.63) is 71.8 Å². The smallest absolute Gasteiger partial charge is 0.167 e. The van der Waals surface area contributed by atoms with Crippen LogP contribution in [-0.4, -0.2) is 21.4 Å². The van der Waals surface area contributed by atoms with Crippen LogP contribution in [0, 0.1) is 0 Å². The monoisotopic (exact) mass is 301 g/mol. The molecule has 2 atom stereocenters. The molecule has 102 valence electrons. The van der Waals surface area contributed by atoms with Crippen molar-refractivity contribution in [2.24, 2.45) is 0 Å². The van der Waals surface area contributed by atoms with Crippen LogP contribution >= 0.6 is 24.0 Å². The average Bonchev–Trinajstić information content (AvgIpc) is 2.72. The van der Waals surface area contributed by atoms with Gasteiger partial charge in [0.1, 0.15) is 4.32 Å². The minimum Gasteiger partial charge on any atom is -0.372 e. The number of aliphatic hydroxyl groups is 1. The zero-order valence-electron chi connectivity index (χ0n) is 11.1. The van der Waals surface area contributed by atoms with Crippen LogP contribution in [0.1, 0.15) is 17.2 Å². The molecule has 2 aromatic rings. The van der Waals surface area contributed by atoms with Crippen LogP contribution in [0.2, 0.25) is 0 Å². The van der Waals surface area contributed by atoms with Crippen molar-refractivity contribution in [1.29, 1.82) is 0 Å². The van der Waals surface area contributed by atoms with E-state index in [1.807, 2.05) is 72.6 Å². The molecule has 1 fully saturated rings. The summed E-state index contributed by atoms with van der Waals surface area (Å²) in [6, 6.07) is 19.6. The highest BCUT2D eigenvalue weighted by Gasteiger charge is 2.50. The van der Waals surface area contributed by atoms with E-state index in [1.165, 1.54) is 11.8 Å². The van der Waals surface area contributed by atoms with Crippen molar-refractivity contribution in [2.75, 3.05) is 7.05 Å². The fourth-order valence-corrected chi connectivity index (χ4v) is 4.27. The zero-order valence-corrected chi connectivity index (χ0v) is 12.7. The third kappa shape index (κ3) is 2.14. The quantitative estimate of drug-likeness (QED) is 0.857. The van der Waals surface area contributed by atoms with Gasteiger partial charge < -0.3 is 10.0 Å². The van der Waals surface area contributed by atoms with E-state index in [9.17, 15) is 5.11 Å². The lowest BCUT2D eigenvalue weighted by molar-refractivity contribution is 0.0697. The molecule has 4 heteroatoms. The van der Waals surface area contributed by atoms with Crippen molar-refractivity contribution >= 4 is 28.3 Å². The lowest BCUT2D eigenvalue weighted by atomic mass is 9.94. The fourth-order valence-electron chi connectivity index (χ4n) is 2.61. The summed E-state index contributed by atoms with van der Waals surface area (Å²) in [5, 5.41) is 11.3. The van der Waals surface area contributed by atoms with E-state index in [2.05, 4.69) is 0 Å². The van der Waals surface area contributed by atoms with Gasteiger partial charge in [-0.25, -0.2) is 0 Å². The van der Waals surface area contributed by atoms with Gasteiger partial charge in [-0.2, -0.15) is 0 Å². The minimum atomic E-state index is -1.05. The molecular weight excluding hydrogens is 286 g/mol. The number of rotatable bonds is 2. The molecule has 1 aliphatic rings. The summed E-state index contributed by atoms with van der Waals surface area (Å²) in [5.74, 6) is 0. The van der Waals surface area contributed by atoms with E-state index < -0.39 is 4.93 Å². The second kappa shape index (κ2) is 5.20. The molecule has 1 aliphatic heterocycles. The fraction of sp³-hybridized carbons (Fsp3) is 0.188. The number of hydrogen-bond donors (Lipinski definition) is 1. The highest BCUT2D eigenvalue weighted by atomic mass is 32.2. The van der Waals surface area contributed by atoms with Gasteiger partial charge >= 0.3 is 0 Å². The number of nitrogens with zero attached hydrogens (tertiary/aromatic N) is 1. The van der Waals surface area contributed by atoms with Crippen LogP contribution in [0.5, 0.6) is 0 Å². The van der Waals surface area contributed by atoms with Crippen molar-refractivity contribution in [1.82, 2.24) is 4.90 Å². The molecule has 0 aromatic heterocycles. The van der Waals surface area contributed by atoms with E-state index >= 15 is 0 Å². The second-order valence-corrected chi connectivity index (χ2v) is 6.71. The lowest BCUT2D eigenvalue weighted by Crippen LogP contribution is -2.33. The summed E-state index contributed by atoms with van der Waals surface area (Å²) in [5.41, 5.74) is 1.94. The highest BCUT2D eigenvalue weighted by molar-refractivity contribution is 8.23. The molecule has 1 N–H and O–H groups in total. The maximum Gasteiger partial charge on any atom is 0.167 e. The third-order valence-electron chi connectivity index (χ3n) is 3.59. The Labute approximate surface area is 128 Å². The van der Waals surface area contributed by atoms with Crippen molar-refractivity contribution < 1.29 is 5.11 Å². The highest BCUT2D eigenvalue weighted by Crippen LogP contribution is 2.53. The first-order chi connectivity index (χ1) is 9.63. The Kier molecular flexibility index (Phi) is 3.54. The standard InChI is InChI=1S/C16H15NOS2/c1-17-14(12-8-4-2-5-9-12)16(18,20-15(17)19)13-10-6-3-7-11-13/h2-11,14,18H,1H3. The Morgan fingerprint density at radius 2 is 1.60 bits per heavy atom. The molecule has 0 radical (unpaired) electrons. The predicted octanol–water partition coefficient (Wildman–Crippen LogP) is 3.54. The molecule has 2 aromatic carbocycles. The number of hydrogen-bond acceptors (Lipinski definition) is 3. The molecule has 0 spiro atoms. The van der Waals surface area contributed by atoms with E-state index in [0.717, 1.165) is 11.1 Å². The molecule has 1 saturated heterocycles. The van der Waals surface area contributed by atoms with Crippen LogP contribution in [0.3, 0.4) is 0 Å². The van der Waals surface area contributed by atoms with Crippen LogP contribution in [0.15, 0.2) is 60.7 Å². The van der Waals surface area contributed by atoms with E-state index in [1.54, 1.807) is 0 Å². The van der Waals surface area contributed by atoms with Crippen molar-refractivity contribution in [2.45, 2.75) is 11.0 Å². The first kappa shape index (κ1) is 13.6. The van der Waals surface area contributed by atoms with Gasteiger partial charge in [0.25, 0.3) is 0 Å². The molecule has 0 amide bonds. The first-order valence-electron chi connectivity index (χ1n) is 6.41. The largest absolute Gasteiger partial charge is 0.372 e. The maximum absolute atomic E-state index is 11.3. The molecular formula is C16H15NOS2. The summed E-state index contributed by atoms with van der Waals surface area (Å²) in [6.45, 7) is 0. The number of thioether (sulfide) groups is 1. The predicted molar refractivity (Wildman–Crippen MR) is 87.5 cm³/mol. The van der Waals surface area contributed by atoms with Gasteiger partial charge in [-0.1, -0.05) is 84.6 Å².